The summed E-state index contributed by atoms with van der Waals surface area (Å²) in [6, 6.07) is 14.9. The van der Waals surface area contributed by atoms with Crippen LogP contribution in [0.15, 0.2) is 54.6 Å². The second-order valence-electron chi connectivity index (χ2n) is 6.12. The molecule has 2 aromatic rings. The van der Waals surface area contributed by atoms with Crippen molar-refractivity contribution in [3.8, 4) is 0 Å². The van der Waals surface area contributed by atoms with Crippen LogP contribution in [0, 0.1) is 11.7 Å². The summed E-state index contributed by atoms with van der Waals surface area (Å²) >= 11 is 5.28. The maximum atomic E-state index is 14.5. The second-order valence-corrected chi connectivity index (χ2v) is 6.53. The molecular weight excluding hydrogens is 355 g/mol. The first-order chi connectivity index (χ1) is 12.6. The van der Waals surface area contributed by atoms with Gasteiger partial charge in [-0.05, 0) is 30.4 Å². The predicted molar refractivity (Wildman–Crippen MR) is 99.1 cm³/mol. The van der Waals surface area contributed by atoms with Crippen LogP contribution in [0.3, 0.4) is 0 Å². The molecule has 0 saturated carbocycles. The van der Waals surface area contributed by atoms with E-state index in [2.05, 4.69) is 10.6 Å². The molecule has 0 aliphatic carbocycles. The summed E-state index contributed by atoms with van der Waals surface area (Å²) in [6.07, 6.45) is 0. The highest BCUT2D eigenvalue weighted by Crippen LogP contribution is 2.36. The quantitative estimate of drug-likeness (QED) is 0.714. The van der Waals surface area contributed by atoms with Gasteiger partial charge in [-0.1, -0.05) is 36.4 Å². The van der Waals surface area contributed by atoms with Crippen LogP contribution in [0.25, 0.3) is 0 Å². The highest BCUT2D eigenvalue weighted by molar-refractivity contribution is 7.80. The number of aliphatic hydroxyl groups excluding tert-OH is 1. The largest absolute Gasteiger partial charge is 0.396 e. The van der Waals surface area contributed by atoms with Crippen LogP contribution in [-0.4, -0.2) is 35.9 Å². The monoisotopic (exact) mass is 374 g/mol. The molecule has 5 nitrogen and oxygen atoms in total. The minimum atomic E-state index is -1.05. The third-order valence-corrected chi connectivity index (χ3v) is 4.72. The van der Waals surface area contributed by atoms with E-state index in [-0.39, 0.29) is 30.8 Å². The molecule has 2 aromatic carbocycles. The lowest BCUT2D eigenvalue weighted by atomic mass is 9.80. The fourth-order valence-electron chi connectivity index (χ4n) is 3.16. The minimum Gasteiger partial charge on any atom is -0.396 e. The van der Waals surface area contributed by atoms with E-state index in [0.29, 0.717) is 11.1 Å². The van der Waals surface area contributed by atoms with Crippen molar-refractivity contribution in [3.05, 3.63) is 71.5 Å². The molecule has 0 spiro atoms. The normalized spacial score (nSPS) is 22.0. The molecule has 0 bridgehead atoms. The maximum absolute atomic E-state index is 14.5. The molecule has 0 unspecified atom stereocenters. The lowest BCUT2D eigenvalue weighted by Crippen LogP contribution is -2.56. The molecule has 1 heterocycles. The fourth-order valence-corrected chi connectivity index (χ4v) is 3.43. The zero-order valence-electron chi connectivity index (χ0n) is 13.9. The van der Waals surface area contributed by atoms with Crippen molar-refractivity contribution < 1.29 is 19.0 Å². The van der Waals surface area contributed by atoms with Gasteiger partial charge in [-0.2, -0.15) is 0 Å². The van der Waals surface area contributed by atoms with Crippen molar-refractivity contribution >= 4 is 23.2 Å². The van der Waals surface area contributed by atoms with E-state index in [9.17, 15) is 14.3 Å². The Hall–Kier alpha value is -2.35. The van der Waals surface area contributed by atoms with Gasteiger partial charge in [0.15, 0.2) is 5.11 Å². The van der Waals surface area contributed by atoms with E-state index in [1.54, 1.807) is 42.5 Å². The van der Waals surface area contributed by atoms with Crippen molar-refractivity contribution in [2.75, 3.05) is 19.8 Å². The molecule has 1 fully saturated rings. The van der Waals surface area contributed by atoms with Crippen LogP contribution >= 0.6 is 12.2 Å². The van der Waals surface area contributed by atoms with Crippen molar-refractivity contribution in [1.29, 1.82) is 0 Å². The predicted octanol–water partition coefficient (Wildman–Crippen LogP) is 1.96. The third kappa shape index (κ3) is 3.60. The van der Waals surface area contributed by atoms with Gasteiger partial charge in [-0.15, -0.1) is 0 Å². The molecule has 7 heteroatoms. The summed E-state index contributed by atoms with van der Waals surface area (Å²) in [5.41, 5.74) is -0.257. The average Bonchev–Trinajstić information content (AvgIpc) is 3.05. The maximum Gasteiger partial charge on any atom is 0.257 e. The minimum absolute atomic E-state index is 0.0473. The number of halogens is 1. The lowest BCUT2D eigenvalue weighted by molar-refractivity contribution is 0.0974. The Morgan fingerprint density at radius 1 is 1.23 bits per heavy atom. The van der Waals surface area contributed by atoms with E-state index in [0.717, 1.165) is 0 Å². The Morgan fingerprint density at radius 3 is 2.62 bits per heavy atom. The Bertz CT molecular complexity index is 802. The number of amides is 1. The van der Waals surface area contributed by atoms with Gasteiger partial charge in [-0.3, -0.25) is 10.1 Å². The molecule has 0 radical (unpaired) electrons. The van der Waals surface area contributed by atoms with Crippen LogP contribution in [0.2, 0.25) is 0 Å². The SMILES string of the molecule is O=C(NC(=S)N[C@@]1(c2ccccc2F)COC[C@H]1CO)c1ccccc1. The highest BCUT2D eigenvalue weighted by atomic mass is 32.1. The summed E-state index contributed by atoms with van der Waals surface area (Å²) in [7, 11) is 0. The molecule has 2 atom stereocenters. The summed E-state index contributed by atoms with van der Waals surface area (Å²) in [6.45, 7) is 0.171. The summed E-state index contributed by atoms with van der Waals surface area (Å²) in [4.78, 5) is 12.3. The molecule has 1 aliphatic rings. The Morgan fingerprint density at radius 2 is 1.92 bits per heavy atom. The Balaban J connectivity index is 1.84. The van der Waals surface area contributed by atoms with Gasteiger partial charge in [0, 0.05) is 17.0 Å². The molecular formula is C19H19FN2O3S. The van der Waals surface area contributed by atoms with Gasteiger partial charge < -0.3 is 15.2 Å². The number of thiocarbonyl (C=S) groups is 1. The number of hydrogen-bond donors (Lipinski definition) is 3. The smallest absolute Gasteiger partial charge is 0.257 e. The molecule has 3 N–H and O–H groups in total. The first-order valence-corrected chi connectivity index (χ1v) is 8.60. The van der Waals surface area contributed by atoms with Crippen molar-refractivity contribution in [1.82, 2.24) is 10.6 Å². The number of hydrogen-bond acceptors (Lipinski definition) is 4. The van der Waals surface area contributed by atoms with Crippen LogP contribution in [-0.2, 0) is 10.3 Å². The number of ether oxygens (including phenoxy) is 1. The van der Waals surface area contributed by atoms with Crippen molar-refractivity contribution in [3.63, 3.8) is 0 Å². The van der Waals surface area contributed by atoms with Gasteiger partial charge >= 0.3 is 0 Å². The summed E-state index contributed by atoms with van der Waals surface area (Å²) < 4.78 is 20.0. The van der Waals surface area contributed by atoms with Gasteiger partial charge in [0.2, 0.25) is 0 Å². The summed E-state index contributed by atoms with van der Waals surface area (Å²) in [5.74, 6) is -1.21. The number of rotatable bonds is 4. The van der Waals surface area contributed by atoms with E-state index in [4.69, 9.17) is 17.0 Å². The molecule has 1 aliphatic heterocycles. The van der Waals surface area contributed by atoms with E-state index in [1.165, 1.54) is 6.07 Å². The highest BCUT2D eigenvalue weighted by Gasteiger charge is 2.47. The third-order valence-electron chi connectivity index (χ3n) is 4.52. The molecule has 3 rings (SSSR count). The summed E-state index contributed by atoms with van der Waals surface area (Å²) in [5, 5.41) is 15.4. The average molecular weight is 374 g/mol. The number of carbonyl (C=O) groups excluding carboxylic acids is 1. The first-order valence-electron chi connectivity index (χ1n) is 8.19. The topological polar surface area (TPSA) is 70.6 Å². The second kappa shape index (κ2) is 7.90. The molecule has 0 aromatic heterocycles. The lowest BCUT2D eigenvalue weighted by Gasteiger charge is -2.35. The molecule has 1 saturated heterocycles. The van der Waals surface area contributed by atoms with E-state index >= 15 is 0 Å². The Labute approximate surface area is 156 Å². The fraction of sp³-hybridized carbons (Fsp3) is 0.263. The van der Waals surface area contributed by atoms with Crippen LogP contribution in [0.1, 0.15) is 15.9 Å². The van der Waals surface area contributed by atoms with Crippen molar-refractivity contribution in [2.45, 2.75) is 5.54 Å². The Kier molecular flexibility index (Phi) is 5.61. The van der Waals surface area contributed by atoms with Crippen LogP contribution in [0.4, 0.5) is 4.39 Å². The molecule has 26 heavy (non-hydrogen) atoms. The van der Waals surface area contributed by atoms with Crippen LogP contribution < -0.4 is 10.6 Å². The van der Waals surface area contributed by atoms with Gasteiger partial charge in [0.05, 0.1) is 25.4 Å². The number of nitrogens with one attached hydrogen (secondary N) is 2. The number of benzene rings is 2. The van der Waals surface area contributed by atoms with Crippen molar-refractivity contribution in [2.24, 2.45) is 5.92 Å². The van der Waals surface area contributed by atoms with Gasteiger partial charge in [0.1, 0.15) is 5.82 Å². The zero-order chi connectivity index (χ0) is 18.6. The first kappa shape index (κ1) is 18.4. The number of aliphatic hydroxyl groups is 1. The number of carbonyl (C=O) groups is 1. The molecule has 136 valence electrons. The standard InChI is InChI=1S/C19H19FN2O3S/c20-16-9-5-4-8-15(16)19(12-25-11-14(19)10-23)22-18(26)21-17(24)13-6-2-1-3-7-13/h1-9,14,23H,10-12H2,(H2,21,22,24,26)/t14-,19+/m1/s1. The van der Waals surface area contributed by atoms with E-state index < -0.39 is 17.3 Å². The molecule has 1 amide bonds. The van der Waals surface area contributed by atoms with E-state index in [1.807, 2.05) is 6.07 Å². The van der Waals surface area contributed by atoms with Gasteiger partial charge in [0.25, 0.3) is 5.91 Å². The van der Waals surface area contributed by atoms with Gasteiger partial charge in [-0.25, -0.2) is 4.39 Å². The van der Waals surface area contributed by atoms with Crippen LogP contribution in [0.5, 0.6) is 0 Å². The zero-order valence-corrected chi connectivity index (χ0v) is 14.8.